The van der Waals surface area contributed by atoms with Gasteiger partial charge in [-0.2, -0.15) is 13.2 Å². The summed E-state index contributed by atoms with van der Waals surface area (Å²) in [5.74, 6) is -0.415. The maximum Gasteiger partial charge on any atom is 0.406 e. The van der Waals surface area contributed by atoms with Crippen molar-refractivity contribution in [3.8, 4) is 0 Å². The minimum Gasteiger partial charge on any atom is -0.378 e. The topological polar surface area (TPSA) is 29.5 Å². The van der Waals surface area contributed by atoms with Crippen molar-refractivity contribution in [2.45, 2.75) is 57.7 Å². The van der Waals surface area contributed by atoms with E-state index in [4.69, 9.17) is 4.74 Å². The number of hydrogen-bond donors (Lipinski definition) is 0. The molecular weight excluding hydrogens is 259 g/mol. The highest BCUT2D eigenvalue weighted by molar-refractivity contribution is 5.76. The molecule has 6 heteroatoms. The van der Waals surface area contributed by atoms with E-state index < -0.39 is 18.6 Å². The fourth-order valence-corrected chi connectivity index (χ4v) is 2.17. The van der Waals surface area contributed by atoms with Gasteiger partial charge in [-0.1, -0.05) is 13.3 Å². The van der Waals surface area contributed by atoms with E-state index in [1.54, 1.807) is 0 Å². The van der Waals surface area contributed by atoms with Gasteiger partial charge in [0.1, 0.15) is 6.54 Å². The molecule has 1 atom stereocenters. The lowest BCUT2D eigenvalue weighted by Gasteiger charge is -2.24. The fourth-order valence-electron chi connectivity index (χ4n) is 2.17. The second-order valence-corrected chi connectivity index (χ2v) is 4.96. The highest BCUT2D eigenvalue weighted by Gasteiger charge is 2.32. The first-order chi connectivity index (χ1) is 8.92. The van der Waals surface area contributed by atoms with Gasteiger partial charge in [0, 0.05) is 19.6 Å². The zero-order chi connectivity index (χ0) is 14.3. The molecule has 1 amide bonds. The van der Waals surface area contributed by atoms with Gasteiger partial charge in [0.15, 0.2) is 0 Å². The maximum absolute atomic E-state index is 12.4. The highest BCUT2D eigenvalue weighted by Crippen LogP contribution is 2.20. The first-order valence-corrected chi connectivity index (χ1v) is 6.88. The van der Waals surface area contributed by atoms with Gasteiger partial charge in [0.2, 0.25) is 5.91 Å². The highest BCUT2D eigenvalue weighted by atomic mass is 19.4. The second-order valence-electron chi connectivity index (χ2n) is 4.96. The molecule has 1 aliphatic rings. The quantitative estimate of drug-likeness (QED) is 0.717. The Morgan fingerprint density at radius 1 is 1.42 bits per heavy atom. The van der Waals surface area contributed by atoms with Crippen LogP contribution in [0.4, 0.5) is 13.2 Å². The van der Waals surface area contributed by atoms with E-state index in [2.05, 4.69) is 0 Å². The van der Waals surface area contributed by atoms with Crippen LogP contribution in [0.5, 0.6) is 0 Å². The molecule has 0 saturated carbocycles. The van der Waals surface area contributed by atoms with Crippen LogP contribution in [0.15, 0.2) is 0 Å². The molecule has 3 nitrogen and oxygen atoms in total. The monoisotopic (exact) mass is 281 g/mol. The zero-order valence-electron chi connectivity index (χ0n) is 11.3. The number of hydrogen-bond acceptors (Lipinski definition) is 2. The lowest BCUT2D eigenvalue weighted by atomic mass is 10.1. The molecule has 0 aromatic rings. The zero-order valence-corrected chi connectivity index (χ0v) is 11.3. The second kappa shape index (κ2) is 7.72. The molecule has 19 heavy (non-hydrogen) atoms. The van der Waals surface area contributed by atoms with Gasteiger partial charge >= 0.3 is 6.18 Å². The molecule has 1 unspecified atom stereocenters. The van der Waals surface area contributed by atoms with Crippen molar-refractivity contribution in [2.24, 2.45) is 0 Å². The number of halogens is 3. The standard InChI is InChI=1S/C13H22F3NO2/c1-2-3-8-17(10-13(14,15)16)12(18)7-6-11-5-4-9-19-11/h11H,2-10H2,1H3. The molecule has 1 rings (SSSR count). The Kier molecular flexibility index (Phi) is 6.62. The van der Waals surface area contributed by atoms with Crippen LogP contribution in [-0.2, 0) is 9.53 Å². The number of ether oxygens (including phenoxy) is 1. The molecule has 0 bridgehead atoms. The van der Waals surface area contributed by atoms with Crippen molar-refractivity contribution in [1.29, 1.82) is 0 Å². The number of carbonyl (C=O) groups excluding carboxylic acids is 1. The predicted molar refractivity (Wildman–Crippen MR) is 65.8 cm³/mol. The summed E-state index contributed by atoms with van der Waals surface area (Å²) in [5, 5.41) is 0. The summed E-state index contributed by atoms with van der Waals surface area (Å²) < 4.78 is 42.6. The normalized spacial score (nSPS) is 19.7. The molecule has 0 N–H and O–H groups in total. The molecule has 112 valence electrons. The molecule has 1 aliphatic heterocycles. The van der Waals surface area contributed by atoms with E-state index in [9.17, 15) is 18.0 Å². The molecule has 0 aliphatic carbocycles. The van der Waals surface area contributed by atoms with Crippen molar-refractivity contribution < 1.29 is 22.7 Å². The van der Waals surface area contributed by atoms with Crippen LogP contribution >= 0.6 is 0 Å². The van der Waals surface area contributed by atoms with Crippen LogP contribution in [-0.4, -0.2) is 42.8 Å². The summed E-state index contributed by atoms with van der Waals surface area (Å²) in [4.78, 5) is 12.8. The van der Waals surface area contributed by atoms with E-state index >= 15 is 0 Å². The van der Waals surface area contributed by atoms with Gasteiger partial charge in [-0.15, -0.1) is 0 Å². The van der Waals surface area contributed by atoms with E-state index in [-0.39, 0.29) is 19.1 Å². The lowest BCUT2D eigenvalue weighted by Crippen LogP contribution is -2.39. The molecule has 0 spiro atoms. The first kappa shape index (κ1) is 16.3. The summed E-state index contributed by atoms with van der Waals surface area (Å²) in [6, 6.07) is 0. The average Bonchev–Trinajstić information content (AvgIpc) is 2.83. The molecule has 0 aromatic carbocycles. The van der Waals surface area contributed by atoms with Crippen molar-refractivity contribution in [3.05, 3.63) is 0 Å². The van der Waals surface area contributed by atoms with Crippen molar-refractivity contribution >= 4 is 5.91 Å². The Bertz CT molecular complexity index is 276. The van der Waals surface area contributed by atoms with Crippen molar-refractivity contribution in [2.75, 3.05) is 19.7 Å². The van der Waals surface area contributed by atoms with Crippen LogP contribution < -0.4 is 0 Å². The third-order valence-electron chi connectivity index (χ3n) is 3.21. The Morgan fingerprint density at radius 2 is 2.16 bits per heavy atom. The van der Waals surface area contributed by atoms with E-state index in [1.165, 1.54) is 0 Å². The molecule has 1 saturated heterocycles. The van der Waals surface area contributed by atoms with Crippen LogP contribution in [0.2, 0.25) is 0 Å². The molecule has 1 fully saturated rings. The summed E-state index contributed by atoms with van der Waals surface area (Å²) in [5.41, 5.74) is 0. The van der Waals surface area contributed by atoms with Gasteiger partial charge in [0.05, 0.1) is 6.10 Å². The minimum atomic E-state index is -4.33. The van der Waals surface area contributed by atoms with Crippen LogP contribution in [0.25, 0.3) is 0 Å². The lowest BCUT2D eigenvalue weighted by molar-refractivity contribution is -0.161. The van der Waals surface area contributed by atoms with Gasteiger partial charge in [0.25, 0.3) is 0 Å². The minimum absolute atomic E-state index is 0.0443. The first-order valence-electron chi connectivity index (χ1n) is 6.88. The van der Waals surface area contributed by atoms with Crippen LogP contribution in [0.3, 0.4) is 0 Å². The molecule has 0 radical (unpaired) electrons. The van der Waals surface area contributed by atoms with Crippen molar-refractivity contribution in [3.63, 3.8) is 0 Å². The Balaban J connectivity index is 2.40. The summed E-state index contributed by atoms with van der Waals surface area (Å²) in [6.07, 6.45) is -0.364. The third-order valence-corrected chi connectivity index (χ3v) is 3.21. The largest absolute Gasteiger partial charge is 0.406 e. The molecular formula is C13H22F3NO2. The summed E-state index contributed by atoms with van der Waals surface area (Å²) >= 11 is 0. The van der Waals surface area contributed by atoms with Crippen molar-refractivity contribution in [1.82, 2.24) is 4.90 Å². The third kappa shape index (κ3) is 6.80. The van der Waals surface area contributed by atoms with Gasteiger partial charge in [-0.3, -0.25) is 4.79 Å². The van der Waals surface area contributed by atoms with Gasteiger partial charge in [-0.05, 0) is 25.7 Å². The average molecular weight is 281 g/mol. The summed E-state index contributed by atoms with van der Waals surface area (Å²) in [7, 11) is 0. The van der Waals surface area contributed by atoms with Gasteiger partial charge in [-0.25, -0.2) is 0 Å². The number of amides is 1. The van der Waals surface area contributed by atoms with Crippen LogP contribution in [0.1, 0.15) is 45.4 Å². The Labute approximate surface area is 112 Å². The van der Waals surface area contributed by atoms with E-state index in [0.717, 1.165) is 24.2 Å². The number of rotatable bonds is 7. The van der Waals surface area contributed by atoms with E-state index in [0.29, 0.717) is 19.4 Å². The number of nitrogens with zero attached hydrogens (tertiary/aromatic N) is 1. The predicted octanol–water partition coefficient (Wildman–Crippen LogP) is 3.14. The molecule has 1 heterocycles. The fraction of sp³-hybridized carbons (Fsp3) is 0.923. The van der Waals surface area contributed by atoms with Crippen LogP contribution in [0, 0.1) is 0 Å². The SMILES string of the molecule is CCCCN(CC(F)(F)F)C(=O)CCC1CCCO1. The Morgan fingerprint density at radius 3 is 2.68 bits per heavy atom. The maximum atomic E-state index is 12.4. The summed E-state index contributed by atoms with van der Waals surface area (Å²) in [6.45, 7) is 1.63. The molecule has 0 aromatic heterocycles. The number of unbranched alkanes of at least 4 members (excludes halogenated alkanes) is 1. The van der Waals surface area contributed by atoms with Gasteiger partial charge < -0.3 is 9.64 Å². The number of carbonyl (C=O) groups is 1. The van der Waals surface area contributed by atoms with E-state index in [1.807, 2.05) is 6.92 Å². The number of alkyl halides is 3. The smallest absolute Gasteiger partial charge is 0.378 e. The Hall–Kier alpha value is -0.780.